The first-order valence-corrected chi connectivity index (χ1v) is 10.5. The lowest BCUT2D eigenvalue weighted by molar-refractivity contribution is 0.242. The predicted molar refractivity (Wildman–Crippen MR) is 118 cm³/mol. The number of hydrogen-bond donors (Lipinski definition) is 3. The van der Waals surface area contributed by atoms with Crippen molar-refractivity contribution in [1.82, 2.24) is 15.5 Å². The van der Waals surface area contributed by atoms with Gasteiger partial charge in [-0.3, -0.25) is 5.10 Å². The second kappa shape index (κ2) is 7.90. The van der Waals surface area contributed by atoms with E-state index in [0.717, 1.165) is 35.9 Å². The average molecular weight is 391 g/mol. The number of nitrogens with zero attached hydrogens (tertiary/aromatic N) is 1. The van der Waals surface area contributed by atoms with Crippen LogP contribution in [0.25, 0.3) is 10.9 Å². The third-order valence-corrected chi connectivity index (χ3v) is 5.99. The number of rotatable bonds is 3. The third kappa shape index (κ3) is 4.44. The lowest BCUT2D eigenvalue weighted by Gasteiger charge is -2.30. The van der Waals surface area contributed by atoms with Crippen LogP contribution in [0.3, 0.4) is 0 Å². The molecule has 2 amide bonds. The van der Waals surface area contributed by atoms with Crippen molar-refractivity contribution in [3.8, 4) is 0 Å². The van der Waals surface area contributed by atoms with Gasteiger partial charge in [0, 0.05) is 11.4 Å². The molecule has 0 radical (unpaired) electrons. The van der Waals surface area contributed by atoms with Crippen LogP contribution in [-0.2, 0) is 5.41 Å². The number of hydrogen-bond acceptors (Lipinski definition) is 2. The van der Waals surface area contributed by atoms with Gasteiger partial charge in [-0.15, -0.1) is 0 Å². The first-order chi connectivity index (χ1) is 13.9. The predicted octanol–water partition coefficient (Wildman–Crippen LogP) is 5.71. The topological polar surface area (TPSA) is 69.8 Å². The molecule has 0 saturated heterocycles. The number of carbonyl (C=O) groups excluding carboxylic acids is 1. The molecule has 29 heavy (non-hydrogen) atoms. The van der Waals surface area contributed by atoms with Gasteiger partial charge in [0.1, 0.15) is 0 Å². The molecule has 0 spiro atoms. The second-order valence-corrected chi connectivity index (χ2v) is 9.17. The molecule has 3 aromatic rings. The summed E-state index contributed by atoms with van der Waals surface area (Å²) in [7, 11) is 0. The number of anilines is 1. The Kier molecular flexibility index (Phi) is 5.31. The van der Waals surface area contributed by atoms with Gasteiger partial charge in [-0.1, -0.05) is 57.5 Å². The van der Waals surface area contributed by atoms with Gasteiger partial charge in [0.05, 0.1) is 17.4 Å². The molecule has 4 rings (SSSR count). The van der Waals surface area contributed by atoms with Crippen molar-refractivity contribution < 1.29 is 4.79 Å². The molecular weight excluding hydrogens is 360 g/mol. The van der Waals surface area contributed by atoms with E-state index in [9.17, 15) is 4.79 Å². The molecule has 1 fully saturated rings. The van der Waals surface area contributed by atoms with Crippen LogP contribution < -0.4 is 10.6 Å². The van der Waals surface area contributed by atoms with E-state index in [4.69, 9.17) is 0 Å². The Balaban J connectivity index is 1.38. The SMILES string of the molecule is CC(C)(C)c1ccc(C2CCCC(NC(=O)Nc3cccc4[nH]ncc34)C2)cc1. The summed E-state index contributed by atoms with van der Waals surface area (Å²) in [6, 6.07) is 14.9. The molecule has 2 aromatic carbocycles. The van der Waals surface area contributed by atoms with E-state index in [1.807, 2.05) is 18.2 Å². The van der Waals surface area contributed by atoms with Gasteiger partial charge >= 0.3 is 6.03 Å². The summed E-state index contributed by atoms with van der Waals surface area (Å²) in [5, 5.41) is 14.1. The van der Waals surface area contributed by atoms with Crippen LogP contribution in [-0.4, -0.2) is 22.3 Å². The molecule has 3 N–H and O–H groups in total. The van der Waals surface area contributed by atoms with E-state index in [2.05, 4.69) is 65.9 Å². The lowest BCUT2D eigenvalue weighted by atomic mass is 9.80. The Hall–Kier alpha value is -2.82. The van der Waals surface area contributed by atoms with Crippen molar-refractivity contribution in [3.63, 3.8) is 0 Å². The zero-order chi connectivity index (χ0) is 20.4. The standard InChI is InChI=1S/C24H30N4O/c1-24(2,3)18-12-10-16(11-13-18)17-6-4-7-19(14-17)26-23(29)27-21-8-5-9-22-20(21)15-25-28-22/h5,8-13,15,17,19H,4,6-7,14H2,1-3H3,(H,25,28)(H2,26,27,29). The average Bonchev–Trinajstić information content (AvgIpc) is 3.17. The summed E-state index contributed by atoms with van der Waals surface area (Å²) in [6.45, 7) is 6.72. The highest BCUT2D eigenvalue weighted by Crippen LogP contribution is 2.34. The molecular formula is C24H30N4O. The Bertz CT molecular complexity index is 984. The number of urea groups is 1. The first kappa shape index (κ1) is 19.5. The molecule has 1 aliphatic carbocycles. The van der Waals surface area contributed by atoms with Crippen LogP contribution in [0, 0.1) is 0 Å². The minimum absolute atomic E-state index is 0.146. The highest BCUT2D eigenvalue weighted by Gasteiger charge is 2.25. The minimum Gasteiger partial charge on any atom is -0.335 e. The maximum Gasteiger partial charge on any atom is 0.319 e. The quantitative estimate of drug-likeness (QED) is 0.536. The number of amides is 2. The van der Waals surface area contributed by atoms with E-state index in [-0.39, 0.29) is 17.5 Å². The molecule has 1 aromatic heterocycles. The van der Waals surface area contributed by atoms with E-state index in [1.54, 1.807) is 6.20 Å². The zero-order valence-electron chi connectivity index (χ0n) is 17.5. The molecule has 5 nitrogen and oxygen atoms in total. The van der Waals surface area contributed by atoms with Crippen LogP contribution in [0.5, 0.6) is 0 Å². The van der Waals surface area contributed by atoms with E-state index < -0.39 is 0 Å². The maximum atomic E-state index is 12.6. The molecule has 2 atom stereocenters. The highest BCUT2D eigenvalue weighted by atomic mass is 16.2. The maximum absolute atomic E-state index is 12.6. The zero-order valence-corrected chi connectivity index (χ0v) is 17.5. The smallest absolute Gasteiger partial charge is 0.319 e. The van der Waals surface area contributed by atoms with E-state index in [1.165, 1.54) is 17.5 Å². The van der Waals surface area contributed by atoms with Gasteiger partial charge in [-0.2, -0.15) is 5.10 Å². The Labute approximate surface area is 172 Å². The van der Waals surface area contributed by atoms with Crippen molar-refractivity contribution in [1.29, 1.82) is 0 Å². The molecule has 1 aliphatic rings. The van der Waals surface area contributed by atoms with Crippen molar-refractivity contribution in [2.24, 2.45) is 0 Å². The number of benzene rings is 2. The Morgan fingerprint density at radius 3 is 2.66 bits per heavy atom. The van der Waals surface area contributed by atoms with Crippen molar-refractivity contribution in [2.75, 3.05) is 5.32 Å². The lowest BCUT2D eigenvalue weighted by Crippen LogP contribution is -2.40. The summed E-state index contributed by atoms with van der Waals surface area (Å²) in [6.07, 6.45) is 6.07. The van der Waals surface area contributed by atoms with Crippen molar-refractivity contribution in [3.05, 3.63) is 59.8 Å². The fourth-order valence-corrected chi connectivity index (χ4v) is 4.30. The largest absolute Gasteiger partial charge is 0.335 e. The van der Waals surface area contributed by atoms with Gasteiger partial charge in [-0.05, 0) is 53.9 Å². The number of carbonyl (C=O) groups is 1. The number of aromatic nitrogens is 2. The number of nitrogens with one attached hydrogen (secondary N) is 3. The number of aromatic amines is 1. The summed E-state index contributed by atoms with van der Waals surface area (Å²) in [5.74, 6) is 0.500. The van der Waals surface area contributed by atoms with Gasteiger partial charge < -0.3 is 10.6 Å². The highest BCUT2D eigenvalue weighted by molar-refractivity contribution is 6.00. The van der Waals surface area contributed by atoms with Crippen LogP contribution >= 0.6 is 0 Å². The fourth-order valence-electron chi connectivity index (χ4n) is 4.30. The fraction of sp³-hybridized carbons (Fsp3) is 0.417. The summed E-state index contributed by atoms with van der Waals surface area (Å²) in [4.78, 5) is 12.6. The van der Waals surface area contributed by atoms with Crippen molar-refractivity contribution >= 4 is 22.6 Å². The van der Waals surface area contributed by atoms with Crippen molar-refractivity contribution in [2.45, 2.75) is 63.8 Å². The third-order valence-electron chi connectivity index (χ3n) is 5.99. The normalized spacial score (nSPS) is 19.8. The van der Waals surface area contributed by atoms with Gasteiger partial charge in [0.25, 0.3) is 0 Å². The monoisotopic (exact) mass is 390 g/mol. The molecule has 1 heterocycles. The van der Waals surface area contributed by atoms with E-state index in [0.29, 0.717) is 5.92 Å². The minimum atomic E-state index is -0.146. The molecule has 5 heteroatoms. The molecule has 0 bridgehead atoms. The van der Waals surface area contributed by atoms with Gasteiger partial charge in [-0.25, -0.2) is 4.79 Å². The summed E-state index contributed by atoms with van der Waals surface area (Å²) in [5.41, 5.74) is 4.61. The van der Waals surface area contributed by atoms with Crippen LogP contribution in [0.15, 0.2) is 48.7 Å². The second-order valence-electron chi connectivity index (χ2n) is 9.17. The van der Waals surface area contributed by atoms with Gasteiger partial charge in [0.2, 0.25) is 0 Å². The number of fused-ring (bicyclic) bond motifs is 1. The summed E-state index contributed by atoms with van der Waals surface area (Å²) >= 11 is 0. The molecule has 1 saturated carbocycles. The number of H-pyrrole nitrogens is 1. The van der Waals surface area contributed by atoms with Crippen LogP contribution in [0.1, 0.15) is 63.5 Å². The van der Waals surface area contributed by atoms with Gasteiger partial charge in [0.15, 0.2) is 0 Å². The Morgan fingerprint density at radius 1 is 1.10 bits per heavy atom. The molecule has 2 unspecified atom stereocenters. The molecule has 0 aliphatic heterocycles. The molecule has 152 valence electrons. The van der Waals surface area contributed by atoms with Crippen LogP contribution in [0.2, 0.25) is 0 Å². The first-order valence-electron chi connectivity index (χ1n) is 10.5. The summed E-state index contributed by atoms with van der Waals surface area (Å²) < 4.78 is 0. The van der Waals surface area contributed by atoms with Crippen LogP contribution in [0.4, 0.5) is 10.5 Å². The Morgan fingerprint density at radius 2 is 1.90 bits per heavy atom. The van der Waals surface area contributed by atoms with E-state index >= 15 is 0 Å².